The van der Waals surface area contributed by atoms with Crippen molar-refractivity contribution in [3.05, 3.63) is 33.5 Å². The average molecular weight is 296 g/mol. The highest BCUT2D eigenvalue weighted by molar-refractivity contribution is 7.14. The minimum absolute atomic E-state index is 0.163. The molecule has 2 rings (SSSR count). The number of nitrogens with one attached hydrogen (secondary N) is 1. The number of carbonyl (C=O) groups is 2. The monoisotopic (exact) mass is 296 g/mol. The number of ether oxygens (including phenoxy) is 1. The summed E-state index contributed by atoms with van der Waals surface area (Å²) in [6.45, 7) is 0. The Morgan fingerprint density at radius 3 is 2.95 bits per heavy atom. The van der Waals surface area contributed by atoms with Gasteiger partial charge in [-0.1, -0.05) is 6.07 Å². The predicted molar refractivity (Wildman–Crippen MR) is 74.7 cm³/mol. The van der Waals surface area contributed by atoms with Gasteiger partial charge in [0.1, 0.15) is 0 Å². The number of aromatic nitrogens is 1. The molecule has 5 nitrogen and oxygen atoms in total. The van der Waals surface area contributed by atoms with Gasteiger partial charge in [-0.25, -0.2) is 4.98 Å². The van der Waals surface area contributed by atoms with Gasteiger partial charge in [0, 0.05) is 11.8 Å². The van der Waals surface area contributed by atoms with E-state index in [1.807, 2.05) is 16.8 Å². The van der Waals surface area contributed by atoms with Crippen molar-refractivity contribution >= 4 is 39.7 Å². The van der Waals surface area contributed by atoms with Crippen molar-refractivity contribution in [3.63, 3.8) is 0 Å². The number of esters is 1. The normalized spacial score (nSPS) is 10.2. The summed E-state index contributed by atoms with van der Waals surface area (Å²) >= 11 is 2.72. The van der Waals surface area contributed by atoms with E-state index in [0.29, 0.717) is 22.9 Å². The molecule has 0 spiro atoms. The molecule has 0 bridgehead atoms. The Morgan fingerprint density at radius 2 is 2.26 bits per heavy atom. The number of nitrogens with zero attached hydrogens (tertiary/aromatic N) is 1. The smallest absolute Gasteiger partial charge is 0.305 e. The SMILES string of the molecule is COC(=O)CCc1csc(NC(=O)c2cccs2)n1. The van der Waals surface area contributed by atoms with Crippen LogP contribution in [0.2, 0.25) is 0 Å². The molecule has 0 radical (unpaired) electrons. The Bertz CT molecular complexity index is 563. The zero-order chi connectivity index (χ0) is 13.7. The van der Waals surface area contributed by atoms with Crippen molar-refractivity contribution in [1.82, 2.24) is 4.98 Å². The summed E-state index contributed by atoms with van der Waals surface area (Å²) in [6, 6.07) is 3.58. The molecule has 2 aromatic rings. The Balaban J connectivity index is 1.90. The van der Waals surface area contributed by atoms with Gasteiger partial charge >= 0.3 is 5.97 Å². The summed E-state index contributed by atoms with van der Waals surface area (Å²) in [5, 5.41) is 6.94. The lowest BCUT2D eigenvalue weighted by Gasteiger charge is -1.98. The highest BCUT2D eigenvalue weighted by atomic mass is 32.1. The molecule has 0 saturated carbocycles. The van der Waals surface area contributed by atoms with Crippen LogP contribution in [0.25, 0.3) is 0 Å². The molecule has 19 heavy (non-hydrogen) atoms. The maximum absolute atomic E-state index is 11.8. The first kappa shape index (κ1) is 13.7. The van der Waals surface area contributed by atoms with Gasteiger partial charge < -0.3 is 4.74 Å². The molecule has 1 amide bonds. The van der Waals surface area contributed by atoms with E-state index in [1.54, 1.807) is 6.07 Å². The first-order valence-corrected chi connectivity index (χ1v) is 7.31. The molecule has 0 aliphatic heterocycles. The third kappa shape index (κ3) is 3.87. The van der Waals surface area contributed by atoms with Crippen LogP contribution in [-0.2, 0) is 16.0 Å². The van der Waals surface area contributed by atoms with Crippen LogP contribution >= 0.6 is 22.7 Å². The minimum Gasteiger partial charge on any atom is -0.469 e. The zero-order valence-electron chi connectivity index (χ0n) is 10.2. The predicted octanol–water partition coefficient (Wildman–Crippen LogP) is 2.56. The second kappa shape index (κ2) is 6.44. The maximum atomic E-state index is 11.8. The van der Waals surface area contributed by atoms with E-state index >= 15 is 0 Å². The number of hydrogen-bond donors (Lipinski definition) is 1. The molecule has 0 saturated heterocycles. The van der Waals surface area contributed by atoms with Gasteiger partial charge in [0.25, 0.3) is 5.91 Å². The van der Waals surface area contributed by atoms with Crippen LogP contribution in [0.4, 0.5) is 5.13 Å². The summed E-state index contributed by atoms with van der Waals surface area (Å²) in [4.78, 5) is 27.7. The van der Waals surface area contributed by atoms with E-state index in [1.165, 1.54) is 29.8 Å². The largest absolute Gasteiger partial charge is 0.469 e. The topological polar surface area (TPSA) is 68.3 Å². The van der Waals surface area contributed by atoms with Crippen molar-refractivity contribution in [2.45, 2.75) is 12.8 Å². The maximum Gasteiger partial charge on any atom is 0.305 e. The lowest BCUT2D eigenvalue weighted by Crippen LogP contribution is -2.10. The molecule has 0 atom stereocenters. The van der Waals surface area contributed by atoms with Gasteiger partial charge in [-0.15, -0.1) is 22.7 Å². The number of anilines is 1. The van der Waals surface area contributed by atoms with Crippen LogP contribution in [0.1, 0.15) is 21.8 Å². The van der Waals surface area contributed by atoms with Crippen molar-refractivity contribution in [1.29, 1.82) is 0 Å². The van der Waals surface area contributed by atoms with Crippen LogP contribution in [0.15, 0.2) is 22.9 Å². The first-order valence-electron chi connectivity index (χ1n) is 5.55. The standard InChI is InChI=1S/C12H12N2O3S2/c1-17-10(15)5-4-8-7-19-12(13-8)14-11(16)9-3-2-6-18-9/h2-3,6-7H,4-5H2,1H3,(H,13,14,16). The first-order chi connectivity index (χ1) is 9.19. The summed E-state index contributed by atoms with van der Waals surface area (Å²) in [7, 11) is 1.36. The summed E-state index contributed by atoms with van der Waals surface area (Å²) in [6.07, 6.45) is 0.802. The van der Waals surface area contributed by atoms with E-state index < -0.39 is 0 Å². The molecular formula is C12H12N2O3S2. The Labute approximate surface area is 118 Å². The van der Waals surface area contributed by atoms with Crippen molar-refractivity contribution < 1.29 is 14.3 Å². The molecule has 0 unspecified atom stereocenters. The fraction of sp³-hybridized carbons (Fsp3) is 0.250. The highest BCUT2D eigenvalue weighted by Gasteiger charge is 2.10. The number of methoxy groups -OCH3 is 1. The van der Waals surface area contributed by atoms with E-state index in [2.05, 4.69) is 15.0 Å². The van der Waals surface area contributed by atoms with Gasteiger partial charge in [0.15, 0.2) is 5.13 Å². The number of hydrogen-bond acceptors (Lipinski definition) is 6. The zero-order valence-corrected chi connectivity index (χ0v) is 11.8. The number of carbonyl (C=O) groups excluding carboxylic acids is 2. The van der Waals surface area contributed by atoms with Crippen molar-refractivity contribution in [2.75, 3.05) is 12.4 Å². The molecule has 0 aliphatic carbocycles. The quantitative estimate of drug-likeness (QED) is 0.861. The molecule has 0 aliphatic rings. The highest BCUT2D eigenvalue weighted by Crippen LogP contribution is 2.18. The van der Waals surface area contributed by atoms with Crippen LogP contribution in [-0.4, -0.2) is 24.0 Å². The number of amides is 1. The number of aryl methyl sites for hydroxylation is 1. The Kier molecular flexibility index (Phi) is 4.64. The molecular weight excluding hydrogens is 284 g/mol. The fourth-order valence-electron chi connectivity index (χ4n) is 1.38. The fourth-order valence-corrected chi connectivity index (χ4v) is 2.74. The van der Waals surface area contributed by atoms with Gasteiger partial charge in [-0.2, -0.15) is 0 Å². The van der Waals surface area contributed by atoms with E-state index in [0.717, 1.165) is 5.69 Å². The molecule has 0 fully saturated rings. The van der Waals surface area contributed by atoms with E-state index in [-0.39, 0.29) is 11.9 Å². The molecule has 100 valence electrons. The second-order valence-corrected chi connectivity index (χ2v) is 5.46. The van der Waals surface area contributed by atoms with E-state index in [9.17, 15) is 9.59 Å². The van der Waals surface area contributed by atoms with Crippen LogP contribution in [0, 0.1) is 0 Å². The lowest BCUT2D eigenvalue weighted by atomic mass is 10.2. The van der Waals surface area contributed by atoms with Crippen molar-refractivity contribution in [2.24, 2.45) is 0 Å². The molecule has 0 aromatic carbocycles. The summed E-state index contributed by atoms with van der Waals surface area (Å²) in [5.41, 5.74) is 0.775. The molecule has 2 aromatic heterocycles. The minimum atomic E-state index is -0.267. The number of thiophene rings is 1. The van der Waals surface area contributed by atoms with Gasteiger partial charge in [0.2, 0.25) is 0 Å². The Morgan fingerprint density at radius 1 is 1.42 bits per heavy atom. The molecule has 2 heterocycles. The lowest BCUT2D eigenvalue weighted by molar-refractivity contribution is -0.140. The van der Waals surface area contributed by atoms with Crippen LogP contribution in [0.3, 0.4) is 0 Å². The third-order valence-electron chi connectivity index (χ3n) is 2.33. The van der Waals surface area contributed by atoms with Gasteiger partial charge in [0.05, 0.1) is 24.1 Å². The number of thiazole rings is 1. The van der Waals surface area contributed by atoms with Gasteiger partial charge in [-0.05, 0) is 11.4 Å². The summed E-state index contributed by atoms with van der Waals surface area (Å²) in [5.74, 6) is -0.430. The van der Waals surface area contributed by atoms with E-state index in [4.69, 9.17) is 0 Å². The van der Waals surface area contributed by atoms with Crippen LogP contribution in [0.5, 0.6) is 0 Å². The van der Waals surface area contributed by atoms with Gasteiger partial charge in [-0.3, -0.25) is 14.9 Å². The van der Waals surface area contributed by atoms with Crippen LogP contribution < -0.4 is 5.32 Å². The van der Waals surface area contributed by atoms with Crippen molar-refractivity contribution in [3.8, 4) is 0 Å². The summed E-state index contributed by atoms with van der Waals surface area (Å²) < 4.78 is 4.56. The second-order valence-electron chi connectivity index (χ2n) is 3.65. The average Bonchev–Trinajstić information content (AvgIpc) is 3.07. The number of rotatable bonds is 5. The Hall–Kier alpha value is -1.73. The molecule has 1 N–H and O–H groups in total. The molecule has 7 heteroatoms. The third-order valence-corrected chi connectivity index (χ3v) is 4.01.